The predicted octanol–water partition coefficient (Wildman–Crippen LogP) is 2.41. The highest BCUT2D eigenvalue weighted by molar-refractivity contribution is 5.93. The highest BCUT2D eigenvalue weighted by atomic mass is 16.5. The summed E-state index contributed by atoms with van der Waals surface area (Å²) in [5, 5.41) is 0. The van der Waals surface area contributed by atoms with Crippen LogP contribution in [0.15, 0.2) is 35.3 Å². The number of carbonyl (C=O) groups excluding carboxylic acids is 1. The number of hydrogen-bond donors (Lipinski definition) is 0. The van der Waals surface area contributed by atoms with Crippen molar-refractivity contribution in [2.45, 2.75) is 32.9 Å². The van der Waals surface area contributed by atoms with E-state index in [1.54, 1.807) is 0 Å². The van der Waals surface area contributed by atoms with Crippen molar-refractivity contribution in [3.8, 4) is 0 Å². The number of hydrogen-bond acceptors (Lipinski definition) is 3. The SMILES string of the molecule is CCOC1=NCC(=O)N([C@@H](C)c2ccccc2)[C@@H]1C. The highest BCUT2D eigenvalue weighted by Crippen LogP contribution is 2.25. The molecule has 1 aliphatic heterocycles. The Balaban J connectivity index is 2.23. The molecule has 1 aromatic rings. The predicted molar refractivity (Wildman–Crippen MR) is 75.1 cm³/mol. The second kappa shape index (κ2) is 5.87. The van der Waals surface area contributed by atoms with E-state index in [1.807, 2.05) is 56.0 Å². The van der Waals surface area contributed by atoms with Gasteiger partial charge >= 0.3 is 0 Å². The maximum absolute atomic E-state index is 12.1. The Morgan fingerprint density at radius 2 is 2.11 bits per heavy atom. The van der Waals surface area contributed by atoms with Gasteiger partial charge in [-0.1, -0.05) is 30.3 Å². The van der Waals surface area contributed by atoms with Crippen molar-refractivity contribution < 1.29 is 9.53 Å². The lowest BCUT2D eigenvalue weighted by Crippen LogP contribution is -2.49. The summed E-state index contributed by atoms with van der Waals surface area (Å²) in [4.78, 5) is 18.2. The van der Waals surface area contributed by atoms with E-state index in [0.29, 0.717) is 12.5 Å². The van der Waals surface area contributed by atoms with Crippen LogP contribution >= 0.6 is 0 Å². The van der Waals surface area contributed by atoms with Gasteiger partial charge in [0.05, 0.1) is 12.6 Å². The van der Waals surface area contributed by atoms with Crippen molar-refractivity contribution in [3.05, 3.63) is 35.9 Å². The van der Waals surface area contributed by atoms with Crippen molar-refractivity contribution in [1.29, 1.82) is 0 Å². The third-order valence-corrected chi connectivity index (χ3v) is 3.42. The van der Waals surface area contributed by atoms with Gasteiger partial charge in [-0.25, -0.2) is 4.99 Å². The number of aliphatic imine (C=N–C) groups is 1. The molecule has 0 saturated heterocycles. The molecule has 19 heavy (non-hydrogen) atoms. The minimum absolute atomic E-state index is 0.0228. The summed E-state index contributed by atoms with van der Waals surface area (Å²) < 4.78 is 5.52. The van der Waals surface area contributed by atoms with Crippen LogP contribution in [0.1, 0.15) is 32.4 Å². The van der Waals surface area contributed by atoms with Crippen molar-refractivity contribution >= 4 is 11.8 Å². The number of benzene rings is 1. The van der Waals surface area contributed by atoms with Crippen LogP contribution in [-0.4, -0.2) is 35.9 Å². The molecule has 0 spiro atoms. The van der Waals surface area contributed by atoms with Crippen molar-refractivity contribution in [1.82, 2.24) is 4.90 Å². The summed E-state index contributed by atoms with van der Waals surface area (Å²) in [5.74, 6) is 0.706. The fourth-order valence-electron chi connectivity index (χ4n) is 2.45. The van der Waals surface area contributed by atoms with E-state index in [0.717, 1.165) is 5.56 Å². The summed E-state index contributed by atoms with van der Waals surface area (Å²) in [6.07, 6.45) is 0. The molecule has 0 aromatic heterocycles. The topological polar surface area (TPSA) is 41.9 Å². The first-order valence-electron chi connectivity index (χ1n) is 6.68. The largest absolute Gasteiger partial charge is 0.480 e. The van der Waals surface area contributed by atoms with Crippen LogP contribution in [0.5, 0.6) is 0 Å². The molecule has 0 radical (unpaired) electrons. The normalized spacial score (nSPS) is 21.0. The van der Waals surface area contributed by atoms with Gasteiger partial charge in [0, 0.05) is 0 Å². The van der Waals surface area contributed by atoms with Crippen molar-refractivity contribution in [3.63, 3.8) is 0 Å². The van der Waals surface area contributed by atoms with Crippen molar-refractivity contribution in [2.75, 3.05) is 13.2 Å². The number of amides is 1. The van der Waals surface area contributed by atoms with E-state index < -0.39 is 0 Å². The van der Waals surface area contributed by atoms with E-state index in [9.17, 15) is 4.79 Å². The molecule has 1 heterocycles. The smallest absolute Gasteiger partial charge is 0.245 e. The maximum Gasteiger partial charge on any atom is 0.245 e. The molecule has 2 rings (SSSR count). The molecule has 4 nitrogen and oxygen atoms in total. The minimum Gasteiger partial charge on any atom is -0.480 e. The lowest BCUT2D eigenvalue weighted by molar-refractivity contribution is -0.133. The summed E-state index contributed by atoms with van der Waals surface area (Å²) >= 11 is 0. The number of carbonyl (C=O) groups is 1. The Morgan fingerprint density at radius 3 is 2.74 bits per heavy atom. The van der Waals surface area contributed by atoms with Crippen LogP contribution in [0.3, 0.4) is 0 Å². The van der Waals surface area contributed by atoms with E-state index in [-0.39, 0.29) is 24.5 Å². The zero-order chi connectivity index (χ0) is 13.8. The fraction of sp³-hybridized carbons (Fsp3) is 0.467. The van der Waals surface area contributed by atoms with Crippen LogP contribution in [0.25, 0.3) is 0 Å². The Morgan fingerprint density at radius 1 is 1.42 bits per heavy atom. The van der Waals surface area contributed by atoms with Crippen LogP contribution < -0.4 is 0 Å². The molecule has 1 amide bonds. The molecular formula is C15H20N2O2. The Labute approximate surface area is 114 Å². The minimum atomic E-state index is -0.114. The van der Waals surface area contributed by atoms with Crippen LogP contribution in [0.4, 0.5) is 0 Å². The lowest BCUT2D eigenvalue weighted by Gasteiger charge is -2.37. The Kier molecular flexibility index (Phi) is 4.20. The number of nitrogens with zero attached hydrogens (tertiary/aromatic N) is 2. The summed E-state index contributed by atoms with van der Waals surface area (Å²) in [7, 11) is 0. The van der Waals surface area contributed by atoms with Gasteiger partial charge < -0.3 is 9.64 Å². The Bertz CT molecular complexity index is 470. The molecular weight excluding hydrogens is 240 g/mol. The van der Waals surface area contributed by atoms with Gasteiger partial charge in [0.15, 0.2) is 0 Å². The maximum atomic E-state index is 12.1. The molecule has 0 saturated carbocycles. The molecule has 4 heteroatoms. The second-order valence-corrected chi connectivity index (χ2v) is 4.65. The van der Waals surface area contributed by atoms with Crippen LogP contribution in [0.2, 0.25) is 0 Å². The molecule has 0 N–H and O–H groups in total. The van der Waals surface area contributed by atoms with E-state index in [4.69, 9.17) is 4.74 Å². The zero-order valence-electron chi connectivity index (χ0n) is 11.7. The monoisotopic (exact) mass is 260 g/mol. The van der Waals surface area contributed by atoms with Crippen LogP contribution in [-0.2, 0) is 9.53 Å². The third-order valence-electron chi connectivity index (χ3n) is 3.42. The molecule has 2 atom stereocenters. The summed E-state index contributed by atoms with van der Waals surface area (Å²) in [6, 6.07) is 9.94. The average Bonchev–Trinajstić information content (AvgIpc) is 2.43. The lowest BCUT2D eigenvalue weighted by atomic mass is 10.0. The molecule has 0 aliphatic carbocycles. The quantitative estimate of drug-likeness (QED) is 0.837. The first-order chi connectivity index (χ1) is 9.15. The van der Waals surface area contributed by atoms with Gasteiger partial charge in [-0.3, -0.25) is 4.79 Å². The van der Waals surface area contributed by atoms with Gasteiger partial charge in [0.2, 0.25) is 11.8 Å². The molecule has 0 unspecified atom stereocenters. The average molecular weight is 260 g/mol. The van der Waals surface area contributed by atoms with E-state index >= 15 is 0 Å². The Hall–Kier alpha value is -1.84. The summed E-state index contributed by atoms with van der Waals surface area (Å²) in [5.41, 5.74) is 1.13. The van der Waals surface area contributed by atoms with E-state index in [2.05, 4.69) is 4.99 Å². The zero-order valence-corrected chi connectivity index (χ0v) is 11.7. The second-order valence-electron chi connectivity index (χ2n) is 4.65. The van der Waals surface area contributed by atoms with Gasteiger partial charge in [-0.05, 0) is 26.3 Å². The summed E-state index contributed by atoms with van der Waals surface area (Å²) in [6.45, 7) is 6.68. The van der Waals surface area contributed by atoms with Crippen LogP contribution in [0, 0.1) is 0 Å². The highest BCUT2D eigenvalue weighted by Gasteiger charge is 2.33. The number of rotatable bonds is 3. The molecule has 1 aromatic carbocycles. The fourth-order valence-corrected chi connectivity index (χ4v) is 2.45. The first-order valence-corrected chi connectivity index (χ1v) is 6.68. The molecule has 1 aliphatic rings. The standard InChI is InChI=1S/C15H20N2O2/c1-4-19-15-12(3)17(14(18)10-16-15)11(2)13-8-6-5-7-9-13/h5-9,11-12H,4,10H2,1-3H3/t11-,12+/m0/s1. The van der Waals surface area contributed by atoms with E-state index in [1.165, 1.54) is 0 Å². The molecule has 0 bridgehead atoms. The van der Waals surface area contributed by atoms with Gasteiger partial charge in [-0.15, -0.1) is 0 Å². The molecule has 0 fully saturated rings. The number of ether oxygens (including phenoxy) is 1. The van der Waals surface area contributed by atoms with Gasteiger partial charge in [0.1, 0.15) is 12.6 Å². The van der Waals surface area contributed by atoms with Gasteiger partial charge in [0.25, 0.3) is 0 Å². The van der Waals surface area contributed by atoms with Gasteiger partial charge in [-0.2, -0.15) is 0 Å². The third kappa shape index (κ3) is 2.78. The first kappa shape index (κ1) is 13.6. The molecule has 102 valence electrons. The van der Waals surface area contributed by atoms with Crippen molar-refractivity contribution in [2.24, 2.45) is 4.99 Å².